The van der Waals surface area contributed by atoms with Crippen molar-refractivity contribution in [1.29, 1.82) is 0 Å². The quantitative estimate of drug-likeness (QED) is 0.537. The average molecular weight is 238 g/mol. The monoisotopic (exact) mass is 238 g/mol. The van der Waals surface area contributed by atoms with E-state index < -0.39 is 0 Å². The highest BCUT2D eigenvalue weighted by Gasteiger charge is 2.31. The molecule has 4 heteroatoms. The van der Waals surface area contributed by atoms with E-state index in [9.17, 15) is 9.59 Å². The Hall–Kier alpha value is -1.32. The fourth-order valence-corrected chi connectivity index (χ4v) is 1.87. The number of piperidine rings is 1. The Kier molecular flexibility index (Phi) is 3.96. The molecule has 1 aliphatic rings. The number of hydrogen-bond acceptors (Lipinski definition) is 3. The van der Waals surface area contributed by atoms with Crippen LogP contribution in [0.25, 0.3) is 0 Å². The van der Waals surface area contributed by atoms with Crippen molar-refractivity contribution in [2.75, 3.05) is 27.2 Å². The van der Waals surface area contributed by atoms with Gasteiger partial charge in [0, 0.05) is 39.8 Å². The van der Waals surface area contributed by atoms with E-state index in [-0.39, 0.29) is 17.1 Å². The summed E-state index contributed by atoms with van der Waals surface area (Å²) in [6.45, 7) is 7.49. The molecule has 17 heavy (non-hydrogen) atoms. The Bertz CT molecular complexity index is 351. The first-order valence-corrected chi connectivity index (χ1v) is 5.91. The van der Waals surface area contributed by atoms with Crippen molar-refractivity contribution in [3.63, 3.8) is 0 Å². The lowest BCUT2D eigenvalue weighted by Crippen LogP contribution is -2.45. The van der Waals surface area contributed by atoms with Crippen molar-refractivity contribution in [1.82, 2.24) is 9.80 Å². The molecule has 0 unspecified atom stereocenters. The molecule has 0 aromatic carbocycles. The zero-order chi connectivity index (χ0) is 13.2. The van der Waals surface area contributed by atoms with Crippen LogP contribution in [0.3, 0.4) is 0 Å². The zero-order valence-corrected chi connectivity index (χ0v) is 11.4. The smallest absolute Gasteiger partial charge is 0.258 e. The van der Waals surface area contributed by atoms with E-state index in [1.807, 2.05) is 14.1 Å². The molecule has 0 aromatic heterocycles. The Morgan fingerprint density at radius 3 is 2.35 bits per heavy atom. The molecular weight excluding hydrogens is 216 g/mol. The third-order valence-electron chi connectivity index (χ3n) is 2.48. The molecule has 0 atom stereocenters. The van der Waals surface area contributed by atoms with Crippen LogP contribution in [0.15, 0.2) is 11.8 Å². The number of ketones is 1. The van der Waals surface area contributed by atoms with Gasteiger partial charge in [-0.1, -0.05) is 20.8 Å². The van der Waals surface area contributed by atoms with E-state index in [0.29, 0.717) is 25.1 Å². The normalized spacial score (nSPS) is 20.1. The van der Waals surface area contributed by atoms with Gasteiger partial charge >= 0.3 is 0 Å². The van der Waals surface area contributed by atoms with Crippen LogP contribution >= 0.6 is 0 Å². The second-order valence-electron chi connectivity index (χ2n) is 5.97. The lowest BCUT2D eigenvalue weighted by Gasteiger charge is -2.33. The topological polar surface area (TPSA) is 40.6 Å². The van der Waals surface area contributed by atoms with Gasteiger partial charge in [-0.25, -0.2) is 0 Å². The molecule has 1 amide bonds. The van der Waals surface area contributed by atoms with Gasteiger partial charge in [-0.15, -0.1) is 0 Å². The molecule has 1 rings (SSSR count). The molecule has 1 heterocycles. The Balaban J connectivity index is 2.87. The minimum absolute atomic E-state index is 0.0474. The second kappa shape index (κ2) is 4.90. The maximum Gasteiger partial charge on any atom is 0.258 e. The molecule has 0 aromatic rings. The molecule has 1 aliphatic heterocycles. The van der Waals surface area contributed by atoms with Crippen LogP contribution in [-0.4, -0.2) is 48.7 Å². The van der Waals surface area contributed by atoms with Gasteiger partial charge in [0.05, 0.1) is 5.57 Å². The molecule has 0 radical (unpaired) electrons. The molecule has 1 fully saturated rings. The fourth-order valence-electron chi connectivity index (χ4n) is 1.87. The highest BCUT2D eigenvalue weighted by molar-refractivity contribution is 6.20. The zero-order valence-electron chi connectivity index (χ0n) is 11.4. The van der Waals surface area contributed by atoms with E-state index in [1.54, 1.807) is 16.0 Å². The number of hydrogen-bond donors (Lipinski definition) is 0. The average Bonchev–Trinajstić information content (AvgIpc) is 2.15. The Morgan fingerprint density at radius 2 is 1.88 bits per heavy atom. The molecule has 96 valence electrons. The molecule has 1 saturated heterocycles. The minimum atomic E-state index is -0.134. The van der Waals surface area contributed by atoms with E-state index >= 15 is 0 Å². The van der Waals surface area contributed by atoms with E-state index in [2.05, 4.69) is 20.8 Å². The maximum absolute atomic E-state index is 12.2. The van der Waals surface area contributed by atoms with Crippen LogP contribution < -0.4 is 0 Å². The number of nitrogens with zero attached hydrogens (tertiary/aromatic N) is 2. The number of Topliss-reactive ketones (excluding diaryl/α,β-unsaturated/α-hetero) is 1. The second-order valence-corrected chi connectivity index (χ2v) is 5.97. The molecule has 0 aliphatic carbocycles. The van der Waals surface area contributed by atoms with Gasteiger partial charge < -0.3 is 9.80 Å². The maximum atomic E-state index is 12.2. The van der Waals surface area contributed by atoms with Crippen LogP contribution in [0.4, 0.5) is 0 Å². The predicted molar refractivity (Wildman–Crippen MR) is 67.4 cm³/mol. The molecular formula is C13H22N2O2. The standard InChI is InChI=1S/C13H22N2O2/c1-13(2,3)9-15-7-6-11(16)10(12(15)17)8-14(4)5/h8H,6-7,9H2,1-5H3/b10-8-. The number of carbonyl (C=O) groups excluding carboxylic acids is 2. The van der Waals surface area contributed by atoms with Crippen LogP contribution in [0.1, 0.15) is 27.2 Å². The summed E-state index contributed by atoms with van der Waals surface area (Å²) in [6.07, 6.45) is 2.06. The molecule has 0 N–H and O–H groups in total. The molecule has 0 saturated carbocycles. The minimum Gasteiger partial charge on any atom is -0.383 e. The summed E-state index contributed by atoms with van der Waals surface area (Å²) in [5, 5.41) is 0. The van der Waals surface area contributed by atoms with Crippen molar-refractivity contribution >= 4 is 11.7 Å². The Labute approximate surface area is 103 Å². The fraction of sp³-hybridized carbons (Fsp3) is 0.692. The molecule has 0 bridgehead atoms. The Morgan fingerprint density at radius 1 is 1.29 bits per heavy atom. The van der Waals surface area contributed by atoms with Gasteiger partial charge in [-0.2, -0.15) is 0 Å². The summed E-state index contributed by atoms with van der Waals surface area (Å²) in [5.41, 5.74) is 0.365. The van der Waals surface area contributed by atoms with Crippen molar-refractivity contribution in [2.45, 2.75) is 27.2 Å². The SMILES string of the molecule is CN(C)/C=C1/C(=O)CCN(CC(C)(C)C)C1=O. The van der Waals surface area contributed by atoms with E-state index in [4.69, 9.17) is 0 Å². The van der Waals surface area contributed by atoms with Crippen molar-refractivity contribution < 1.29 is 9.59 Å². The number of rotatable bonds is 2. The van der Waals surface area contributed by atoms with Crippen LogP contribution in [0.5, 0.6) is 0 Å². The molecule has 4 nitrogen and oxygen atoms in total. The first-order valence-electron chi connectivity index (χ1n) is 5.91. The largest absolute Gasteiger partial charge is 0.383 e. The third-order valence-corrected chi connectivity index (χ3v) is 2.48. The summed E-state index contributed by atoms with van der Waals surface area (Å²) >= 11 is 0. The van der Waals surface area contributed by atoms with Gasteiger partial charge in [0.15, 0.2) is 5.78 Å². The van der Waals surface area contributed by atoms with Gasteiger partial charge in [0.2, 0.25) is 0 Å². The summed E-state index contributed by atoms with van der Waals surface area (Å²) in [6, 6.07) is 0. The van der Waals surface area contributed by atoms with Crippen molar-refractivity contribution in [3.8, 4) is 0 Å². The number of likely N-dealkylation sites (tertiary alicyclic amines) is 1. The van der Waals surface area contributed by atoms with Gasteiger partial charge in [0.1, 0.15) is 0 Å². The first kappa shape index (κ1) is 13.7. The van der Waals surface area contributed by atoms with E-state index in [1.165, 1.54) is 0 Å². The van der Waals surface area contributed by atoms with Crippen molar-refractivity contribution in [3.05, 3.63) is 11.8 Å². The highest BCUT2D eigenvalue weighted by atomic mass is 16.2. The highest BCUT2D eigenvalue weighted by Crippen LogP contribution is 2.21. The predicted octanol–water partition coefficient (Wildman–Crippen LogP) is 1.28. The molecule has 0 spiro atoms. The summed E-state index contributed by atoms with van der Waals surface area (Å²) in [4.78, 5) is 27.4. The van der Waals surface area contributed by atoms with Gasteiger partial charge in [-0.05, 0) is 5.41 Å². The van der Waals surface area contributed by atoms with Crippen LogP contribution in [-0.2, 0) is 9.59 Å². The van der Waals surface area contributed by atoms with E-state index in [0.717, 1.165) is 0 Å². The van der Waals surface area contributed by atoms with Crippen LogP contribution in [0.2, 0.25) is 0 Å². The summed E-state index contributed by atoms with van der Waals surface area (Å²) < 4.78 is 0. The first-order chi connectivity index (χ1) is 7.70. The number of carbonyl (C=O) groups is 2. The lowest BCUT2D eigenvalue weighted by atomic mass is 9.93. The van der Waals surface area contributed by atoms with Gasteiger partial charge in [0.25, 0.3) is 5.91 Å². The number of amides is 1. The summed E-state index contributed by atoms with van der Waals surface area (Å²) in [5.74, 6) is -0.182. The lowest BCUT2D eigenvalue weighted by molar-refractivity contribution is -0.134. The summed E-state index contributed by atoms with van der Waals surface area (Å²) in [7, 11) is 3.63. The van der Waals surface area contributed by atoms with Crippen molar-refractivity contribution in [2.24, 2.45) is 5.41 Å². The third kappa shape index (κ3) is 3.88. The van der Waals surface area contributed by atoms with Gasteiger partial charge in [-0.3, -0.25) is 9.59 Å². The van der Waals surface area contributed by atoms with Crippen LogP contribution in [0, 0.1) is 5.41 Å².